The van der Waals surface area contributed by atoms with E-state index < -0.39 is 0 Å². The number of aromatic nitrogens is 1. The zero-order chi connectivity index (χ0) is 13.1. The van der Waals surface area contributed by atoms with Gasteiger partial charge in [0.05, 0.1) is 18.3 Å². The van der Waals surface area contributed by atoms with Crippen molar-refractivity contribution in [2.45, 2.75) is 25.4 Å². The maximum atomic E-state index is 11.9. The maximum Gasteiger partial charge on any atom is 0.224 e. The summed E-state index contributed by atoms with van der Waals surface area (Å²) in [5.74, 6) is 0.0759. The molecule has 0 aliphatic carbocycles. The Hall–Kier alpha value is -1.46. The lowest BCUT2D eigenvalue weighted by atomic mass is 10.1. The van der Waals surface area contributed by atoms with Crippen LogP contribution in [-0.2, 0) is 9.53 Å². The number of carbonyl (C=O) groups is 1. The summed E-state index contributed by atoms with van der Waals surface area (Å²) in [7, 11) is 1.62. The SMILES string of the molecule is COCCN1C(=O)CC(N)C1c1ccc(C)cn1. The van der Waals surface area contributed by atoms with Crippen LogP contribution in [0.25, 0.3) is 0 Å². The van der Waals surface area contributed by atoms with Gasteiger partial charge >= 0.3 is 0 Å². The number of hydrogen-bond donors (Lipinski definition) is 1. The first-order chi connectivity index (χ1) is 8.63. The van der Waals surface area contributed by atoms with Gasteiger partial charge in [-0.3, -0.25) is 9.78 Å². The van der Waals surface area contributed by atoms with Crippen molar-refractivity contribution in [2.75, 3.05) is 20.3 Å². The molecule has 1 aromatic heterocycles. The molecule has 0 saturated carbocycles. The molecule has 0 radical (unpaired) electrons. The fourth-order valence-electron chi connectivity index (χ4n) is 2.30. The van der Waals surface area contributed by atoms with Crippen LogP contribution in [0.5, 0.6) is 0 Å². The van der Waals surface area contributed by atoms with Crippen molar-refractivity contribution in [3.8, 4) is 0 Å². The third kappa shape index (κ3) is 2.52. The van der Waals surface area contributed by atoms with E-state index in [4.69, 9.17) is 10.5 Å². The topological polar surface area (TPSA) is 68.5 Å². The van der Waals surface area contributed by atoms with Crippen LogP contribution in [0.1, 0.15) is 23.7 Å². The average molecular weight is 249 g/mol. The van der Waals surface area contributed by atoms with E-state index in [0.717, 1.165) is 11.3 Å². The molecule has 0 bridgehead atoms. The second kappa shape index (κ2) is 5.46. The Kier molecular flexibility index (Phi) is 3.93. The van der Waals surface area contributed by atoms with Crippen molar-refractivity contribution < 1.29 is 9.53 Å². The van der Waals surface area contributed by atoms with E-state index in [-0.39, 0.29) is 18.0 Å². The highest BCUT2D eigenvalue weighted by molar-refractivity contribution is 5.80. The zero-order valence-corrected chi connectivity index (χ0v) is 10.8. The molecule has 0 aromatic carbocycles. The Balaban J connectivity index is 2.22. The summed E-state index contributed by atoms with van der Waals surface area (Å²) in [5, 5.41) is 0. The molecule has 2 rings (SSSR count). The Morgan fingerprint density at radius 3 is 2.94 bits per heavy atom. The van der Waals surface area contributed by atoms with Gasteiger partial charge in [-0.05, 0) is 18.6 Å². The van der Waals surface area contributed by atoms with Gasteiger partial charge in [0.1, 0.15) is 0 Å². The molecule has 1 aliphatic rings. The maximum absolute atomic E-state index is 11.9. The first-order valence-corrected chi connectivity index (χ1v) is 6.10. The van der Waals surface area contributed by atoms with Gasteiger partial charge in [0, 0.05) is 32.3 Å². The molecular weight excluding hydrogens is 230 g/mol. The standard InChI is InChI=1S/C13H19N3O2/c1-9-3-4-11(15-8-9)13-10(14)7-12(17)16(13)5-6-18-2/h3-4,8,10,13H,5-7,14H2,1-2H3. The van der Waals surface area contributed by atoms with E-state index in [1.54, 1.807) is 18.2 Å². The molecule has 2 heterocycles. The van der Waals surface area contributed by atoms with Crippen LogP contribution in [0, 0.1) is 6.92 Å². The summed E-state index contributed by atoms with van der Waals surface area (Å²) in [5.41, 5.74) is 8.01. The number of carbonyl (C=O) groups excluding carboxylic acids is 1. The summed E-state index contributed by atoms with van der Waals surface area (Å²) in [6.07, 6.45) is 2.18. The number of nitrogens with two attached hydrogens (primary N) is 1. The summed E-state index contributed by atoms with van der Waals surface area (Å²) in [6.45, 7) is 3.06. The molecule has 1 saturated heterocycles. The largest absolute Gasteiger partial charge is 0.383 e. The Morgan fingerprint density at radius 2 is 2.33 bits per heavy atom. The minimum absolute atomic E-state index is 0.0759. The fraction of sp³-hybridized carbons (Fsp3) is 0.538. The number of nitrogens with zero attached hydrogens (tertiary/aromatic N) is 2. The van der Waals surface area contributed by atoms with E-state index in [2.05, 4.69) is 4.98 Å². The smallest absolute Gasteiger partial charge is 0.224 e. The number of methoxy groups -OCH3 is 1. The van der Waals surface area contributed by atoms with Crippen molar-refractivity contribution in [3.63, 3.8) is 0 Å². The van der Waals surface area contributed by atoms with E-state index in [1.807, 2.05) is 19.1 Å². The van der Waals surface area contributed by atoms with E-state index >= 15 is 0 Å². The molecule has 18 heavy (non-hydrogen) atoms. The first kappa shape index (κ1) is 13.0. The van der Waals surface area contributed by atoms with Crippen LogP contribution in [0.2, 0.25) is 0 Å². The minimum Gasteiger partial charge on any atom is -0.383 e. The Bertz CT molecular complexity index is 419. The summed E-state index contributed by atoms with van der Waals surface area (Å²) in [6, 6.07) is 3.61. The van der Waals surface area contributed by atoms with Crippen LogP contribution < -0.4 is 5.73 Å². The van der Waals surface area contributed by atoms with Gasteiger partial charge in [0.25, 0.3) is 0 Å². The van der Waals surface area contributed by atoms with Gasteiger partial charge in [-0.15, -0.1) is 0 Å². The van der Waals surface area contributed by atoms with Crippen molar-refractivity contribution in [3.05, 3.63) is 29.6 Å². The zero-order valence-electron chi connectivity index (χ0n) is 10.8. The molecule has 2 atom stereocenters. The normalized spacial score (nSPS) is 23.7. The van der Waals surface area contributed by atoms with E-state index in [1.165, 1.54) is 0 Å². The molecule has 5 nitrogen and oxygen atoms in total. The number of likely N-dealkylation sites (tertiary alicyclic amines) is 1. The highest BCUT2D eigenvalue weighted by Gasteiger charge is 2.38. The molecule has 1 aliphatic heterocycles. The predicted molar refractivity (Wildman–Crippen MR) is 67.9 cm³/mol. The number of pyridine rings is 1. The van der Waals surface area contributed by atoms with Crippen LogP contribution in [0.4, 0.5) is 0 Å². The molecule has 0 spiro atoms. The van der Waals surface area contributed by atoms with E-state index in [9.17, 15) is 4.79 Å². The van der Waals surface area contributed by atoms with Gasteiger partial charge in [-0.1, -0.05) is 6.07 Å². The number of aryl methyl sites for hydroxylation is 1. The lowest BCUT2D eigenvalue weighted by Gasteiger charge is -2.26. The quantitative estimate of drug-likeness (QED) is 0.850. The summed E-state index contributed by atoms with van der Waals surface area (Å²) in [4.78, 5) is 18.1. The summed E-state index contributed by atoms with van der Waals surface area (Å²) >= 11 is 0. The average Bonchev–Trinajstić information content (AvgIpc) is 2.62. The van der Waals surface area contributed by atoms with Crippen molar-refractivity contribution in [1.82, 2.24) is 9.88 Å². The van der Waals surface area contributed by atoms with E-state index in [0.29, 0.717) is 19.6 Å². The van der Waals surface area contributed by atoms with Crippen LogP contribution in [0.3, 0.4) is 0 Å². The summed E-state index contributed by atoms with van der Waals surface area (Å²) < 4.78 is 5.04. The third-order valence-electron chi connectivity index (χ3n) is 3.25. The molecule has 2 unspecified atom stereocenters. The van der Waals surface area contributed by atoms with Crippen molar-refractivity contribution >= 4 is 5.91 Å². The van der Waals surface area contributed by atoms with Gasteiger partial charge in [-0.2, -0.15) is 0 Å². The fourth-order valence-corrected chi connectivity index (χ4v) is 2.30. The second-order valence-corrected chi connectivity index (χ2v) is 4.65. The third-order valence-corrected chi connectivity index (χ3v) is 3.25. The van der Waals surface area contributed by atoms with Gasteiger partial charge in [0.15, 0.2) is 0 Å². The molecule has 1 aromatic rings. The van der Waals surface area contributed by atoms with Crippen LogP contribution >= 0.6 is 0 Å². The Morgan fingerprint density at radius 1 is 1.56 bits per heavy atom. The monoisotopic (exact) mass is 249 g/mol. The first-order valence-electron chi connectivity index (χ1n) is 6.10. The number of rotatable bonds is 4. The molecule has 5 heteroatoms. The van der Waals surface area contributed by atoms with Gasteiger partial charge in [-0.25, -0.2) is 0 Å². The van der Waals surface area contributed by atoms with Crippen LogP contribution in [-0.4, -0.2) is 42.1 Å². The minimum atomic E-state index is -0.190. The highest BCUT2D eigenvalue weighted by Crippen LogP contribution is 2.30. The lowest BCUT2D eigenvalue weighted by molar-refractivity contribution is -0.129. The number of hydrogen-bond acceptors (Lipinski definition) is 4. The van der Waals surface area contributed by atoms with Crippen LogP contribution in [0.15, 0.2) is 18.3 Å². The molecule has 1 amide bonds. The van der Waals surface area contributed by atoms with Gasteiger partial charge in [0.2, 0.25) is 5.91 Å². The van der Waals surface area contributed by atoms with Gasteiger partial charge < -0.3 is 15.4 Å². The lowest BCUT2D eigenvalue weighted by Crippen LogP contribution is -2.35. The van der Waals surface area contributed by atoms with Crippen molar-refractivity contribution in [2.24, 2.45) is 5.73 Å². The molecular formula is C13H19N3O2. The number of ether oxygens (including phenoxy) is 1. The molecule has 1 fully saturated rings. The second-order valence-electron chi connectivity index (χ2n) is 4.65. The highest BCUT2D eigenvalue weighted by atomic mass is 16.5. The predicted octanol–water partition coefficient (Wildman–Crippen LogP) is 0.637. The number of amides is 1. The molecule has 98 valence electrons. The van der Waals surface area contributed by atoms with Crippen molar-refractivity contribution in [1.29, 1.82) is 0 Å². The Labute approximate surface area is 107 Å². The molecule has 2 N–H and O–H groups in total.